The first kappa shape index (κ1) is 9.12. The Bertz CT molecular complexity index is 327. The molecule has 1 aliphatic rings. The summed E-state index contributed by atoms with van der Waals surface area (Å²) in [6.07, 6.45) is 4.81. The molecule has 0 atom stereocenters. The number of piperidine rings is 1. The zero-order valence-corrected chi connectivity index (χ0v) is 8.03. The molecule has 1 aromatic heterocycles. The second kappa shape index (κ2) is 3.74. The monoisotopic (exact) mass is 194 g/mol. The number of furan rings is 1. The molecular formula is C10H14N2O2. The molecule has 1 saturated heterocycles. The molecule has 1 aromatic rings. The molecular weight excluding hydrogens is 180 g/mol. The molecule has 1 amide bonds. The second-order valence-corrected chi connectivity index (χ2v) is 3.56. The number of nitrogen functional groups attached to an aromatic ring is 1. The van der Waals surface area contributed by atoms with Gasteiger partial charge in [0, 0.05) is 19.2 Å². The second-order valence-electron chi connectivity index (χ2n) is 3.56. The molecule has 0 saturated carbocycles. The van der Waals surface area contributed by atoms with Crippen LogP contribution in [0.1, 0.15) is 29.8 Å². The number of amides is 1. The van der Waals surface area contributed by atoms with Gasteiger partial charge < -0.3 is 15.1 Å². The summed E-state index contributed by atoms with van der Waals surface area (Å²) in [5.41, 5.74) is 6.04. The topological polar surface area (TPSA) is 59.5 Å². The van der Waals surface area contributed by atoms with Crippen LogP contribution in [0.15, 0.2) is 16.7 Å². The Kier molecular flexibility index (Phi) is 2.43. The number of rotatable bonds is 1. The molecule has 4 heteroatoms. The fourth-order valence-electron chi connectivity index (χ4n) is 1.73. The number of nitrogens with two attached hydrogens (primary N) is 1. The number of hydrogen-bond donors (Lipinski definition) is 1. The number of carbonyl (C=O) groups excluding carboxylic acids is 1. The number of likely N-dealkylation sites (tertiary alicyclic amines) is 1. The maximum atomic E-state index is 11.8. The summed E-state index contributed by atoms with van der Waals surface area (Å²) in [4.78, 5) is 13.6. The lowest BCUT2D eigenvalue weighted by Gasteiger charge is -2.25. The highest BCUT2D eigenvalue weighted by molar-refractivity contribution is 5.96. The molecule has 0 unspecified atom stereocenters. The minimum Gasteiger partial charge on any atom is -0.457 e. The van der Waals surface area contributed by atoms with Crippen LogP contribution in [0.2, 0.25) is 0 Å². The van der Waals surface area contributed by atoms with E-state index >= 15 is 0 Å². The van der Waals surface area contributed by atoms with Crippen LogP contribution in [-0.2, 0) is 0 Å². The van der Waals surface area contributed by atoms with Gasteiger partial charge in [-0.2, -0.15) is 0 Å². The molecule has 2 N–H and O–H groups in total. The first-order chi connectivity index (χ1) is 6.79. The summed E-state index contributed by atoms with van der Waals surface area (Å²) in [7, 11) is 0. The van der Waals surface area contributed by atoms with Crippen molar-refractivity contribution in [3.05, 3.63) is 18.1 Å². The number of anilines is 1. The van der Waals surface area contributed by atoms with E-state index in [-0.39, 0.29) is 11.7 Å². The summed E-state index contributed by atoms with van der Waals surface area (Å²) < 4.78 is 5.06. The van der Waals surface area contributed by atoms with Crippen molar-refractivity contribution >= 4 is 11.6 Å². The van der Waals surface area contributed by atoms with Crippen LogP contribution < -0.4 is 5.73 Å². The zero-order valence-electron chi connectivity index (χ0n) is 8.03. The Hall–Kier alpha value is -1.45. The Morgan fingerprint density at radius 3 is 2.64 bits per heavy atom. The van der Waals surface area contributed by atoms with E-state index < -0.39 is 0 Å². The van der Waals surface area contributed by atoms with Gasteiger partial charge in [-0.3, -0.25) is 4.79 Å². The molecule has 0 bridgehead atoms. The van der Waals surface area contributed by atoms with Gasteiger partial charge in [-0.1, -0.05) is 0 Å². The van der Waals surface area contributed by atoms with E-state index in [9.17, 15) is 4.79 Å². The number of carbonyl (C=O) groups is 1. The molecule has 1 aliphatic heterocycles. The van der Waals surface area contributed by atoms with Crippen molar-refractivity contribution in [2.75, 3.05) is 18.8 Å². The molecule has 0 aliphatic carbocycles. The lowest BCUT2D eigenvalue weighted by molar-refractivity contribution is 0.0693. The van der Waals surface area contributed by atoms with Crippen molar-refractivity contribution in [1.29, 1.82) is 0 Å². The molecule has 4 nitrogen and oxygen atoms in total. The van der Waals surface area contributed by atoms with E-state index in [2.05, 4.69) is 0 Å². The summed E-state index contributed by atoms with van der Waals surface area (Å²) in [6, 6.07) is 1.61. The van der Waals surface area contributed by atoms with Crippen LogP contribution in [0.25, 0.3) is 0 Å². The first-order valence-corrected chi connectivity index (χ1v) is 4.91. The van der Waals surface area contributed by atoms with E-state index in [1.807, 2.05) is 0 Å². The predicted molar refractivity (Wildman–Crippen MR) is 52.9 cm³/mol. The SMILES string of the molecule is Nc1ccoc1C(=O)N1CCCCC1. The van der Waals surface area contributed by atoms with Gasteiger partial charge in [-0.15, -0.1) is 0 Å². The van der Waals surface area contributed by atoms with Crippen molar-refractivity contribution in [1.82, 2.24) is 4.90 Å². The average molecular weight is 194 g/mol. The van der Waals surface area contributed by atoms with Crippen LogP contribution in [0.5, 0.6) is 0 Å². The molecule has 76 valence electrons. The Morgan fingerprint density at radius 2 is 2.07 bits per heavy atom. The maximum absolute atomic E-state index is 11.8. The quantitative estimate of drug-likeness (QED) is 0.736. The zero-order chi connectivity index (χ0) is 9.97. The van der Waals surface area contributed by atoms with Crippen molar-refractivity contribution in [2.45, 2.75) is 19.3 Å². The van der Waals surface area contributed by atoms with Crippen molar-refractivity contribution < 1.29 is 9.21 Å². The third kappa shape index (κ3) is 1.60. The highest BCUT2D eigenvalue weighted by Gasteiger charge is 2.22. The minimum atomic E-state index is -0.0767. The smallest absolute Gasteiger partial charge is 0.291 e. The fraction of sp³-hybridized carbons (Fsp3) is 0.500. The van der Waals surface area contributed by atoms with Gasteiger partial charge in [-0.25, -0.2) is 0 Å². The van der Waals surface area contributed by atoms with Crippen LogP contribution in [-0.4, -0.2) is 23.9 Å². The molecule has 14 heavy (non-hydrogen) atoms. The van der Waals surface area contributed by atoms with Gasteiger partial charge in [0.2, 0.25) is 5.76 Å². The molecule has 0 radical (unpaired) electrons. The van der Waals surface area contributed by atoms with E-state index in [1.165, 1.54) is 12.7 Å². The molecule has 1 fully saturated rings. The largest absolute Gasteiger partial charge is 0.457 e. The first-order valence-electron chi connectivity index (χ1n) is 4.91. The van der Waals surface area contributed by atoms with Gasteiger partial charge in [0.15, 0.2) is 0 Å². The summed E-state index contributed by atoms with van der Waals surface area (Å²) in [5.74, 6) is 0.208. The normalized spacial score (nSPS) is 17.0. The third-order valence-corrected chi connectivity index (χ3v) is 2.53. The molecule has 0 spiro atoms. The lowest BCUT2D eigenvalue weighted by Crippen LogP contribution is -2.35. The van der Waals surface area contributed by atoms with Gasteiger partial charge in [-0.05, 0) is 19.3 Å². The third-order valence-electron chi connectivity index (χ3n) is 2.53. The summed E-state index contributed by atoms with van der Waals surface area (Å²) in [6.45, 7) is 1.64. The van der Waals surface area contributed by atoms with Crippen LogP contribution >= 0.6 is 0 Å². The predicted octanol–water partition coefficient (Wildman–Crippen LogP) is 1.49. The Labute approximate surface area is 82.7 Å². The van der Waals surface area contributed by atoms with E-state index in [4.69, 9.17) is 10.2 Å². The van der Waals surface area contributed by atoms with Crippen LogP contribution in [0, 0.1) is 0 Å². The van der Waals surface area contributed by atoms with Gasteiger partial charge in [0.05, 0.1) is 12.0 Å². The molecule has 2 rings (SSSR count). The Balaban J connectivity index is 2.11. The van der Waals surface area contributed by atoms with Gasteiger partial charge >= 0.3 is 0 Å². The average Bonchev–Trinajstić information content (AvgIpc) is 2.65. The van der Waals surface area contributed by atoms with Gasteiger partial charge in [0.25, 0.3) is 5.91 Å². The van der Waals surface area contributed by atoms with Gasteiger partial charge in [0.1, 0.15) is 0 Å². The van der Waals surface area contributed by atoms with Crippen LogP contribution in [0.3, 0.4) is 0 Å². The highest BCUT2D eigenvalue weighted by Crippen LogP contribution is 2.18. The summed E-state index contributed by atoms with van der Waals surface area (Å²) >= 11 is 0. The molecule has 2 heterocycles. The lowest BCUT2D eigenvalue weighted by atomic mass is 10.1. The van der Waals surface area contributed by atoms with Crippen molar-refractivity contribution in [3.8, 4) is 0 Å². The van der Waals surface area contributed by atoms with E-state index in [1.54, 1.807) is 11.0 Å². The summed E-state index contributed by atoms with van der Waals surface area (Å²) in [5, 5.41) is 0. The number of nitrogens with zero attached hydrogens (tertiary/aromatic N) is 1. The number of hydrogen-bond acceptors (Lipinski definition) is 3. The van der Waals surface area contributed by atoms with E-state index in [0.717, 1.165) is 25.9 Å². The highest BCUT2D eigenvalue weighted by atomic mass is 16.3. The standard InChI is InChI=1S/C10H14N2O2/c11-8-4-7-14-9(8)10(13)12-5-2-1-3-6-12/h4,7H,1-3,5-6,11H2. The van der Waals surface area contributed by atoms with E-state index in [0.29, 0.717) is 5.69 Å². The van der Waals surface area contributed by atoms with Crippen molar-refractivity contribution in [3.63, 3.8) is 0 Å². The Morgan fingerprint density at radius 1 is 1.36 bits per heavy atom. The minimum absolute atomic E-state index is 0.0767. The maximum Gasteiger partial charge on any atom is 0.291 e. The fourth-order valence-corrected chi connectivity index (χ4v) is 1.73. The van der Waals surface area contributed by atoms with Crippen LogP contribution in [0.4, 0.5) is 5.69 Å². The van der Waals surface area contributed by atoms with Crippen molar-refractivity contribution in [2.24, 2.45) is 0 Å². The molecule has 0 aromatic carbocycles.